The van der Waals surface area contributed by atoms with Crippen molar-refractivity contribution in [2.24, 2.45) is 0 Å². The van der Waals surface area contributed by atoms with Gasteiger partial charge in [0.25, 0.3) is 0 Å². The molecular formula is C23H25N3O3. The number of ether oxygens (including phenoxy) is 1. The largest absolute Gasteiger partial charge is 0.491 e. The summed E-state index contributed by atoms with van der Waals surface area (Å²) in [4.78, 5) is 30.5. The highest BCUT2D eigenvalue weighted by Gasteiger charge is 2.14. The SMILES string of the molecule is CC(=O)N(CCC(=O)Nc1cccc2cccnc12)c1ccc(OC(C)C)cc1. The normalized spacial score (nSPS) is 10.8. The van der Waals surface area contributed by atoms with E-state index in [-0.39, 0.29) is 30.9 Å². The predicted octanol–water partition coefficient (Wildman–Crippen LogP) is 4.40. The van der Waals surface area contributed by atoms with Crippen LogP contribution in [0.15, 0.2) is 60.8 Å². The second kappa shape index (κ2) is 9.19. The molecule has 2 amide bonds. The van der Waals surface area contributed by atoms with E-state index in [9.17, 15) is 9.59 Å². The molecule has 150 valence electrons. The molecule has 0 saturated heterocycles. The van der Waals surface area contributed by atoms with Gasteiger partial charge in [-0.1, -0.05) is 18.2 Å². The van der Waals surface area contributed by atoms with Gasteiger partial charge >= 0.3 is 0 Å². The molecule has 0 bridgehead atoms. The molecule has 1 heterocycles. The van der Waals surface area contributed by atoms with Gasteiger partial charge in [0.1, 0.15) is 5.75 Å². The van der Waals surface area contributed by atoms with E-state index in [1.807, 2.05) is 68.4 Å². The number of rotatable bonds is 7. The molecule has 0 saturated carbocycles. The smallest absolute Gasteiger partial charge is 0.226 e. The Morgan fingerprint density at radius 2 is 1.79 bits per heavy atom. The zero-order chi connectivity index (χ0) is 20.8. The third-order valence-corrected chi connectivity index (χ3v) is 4.37. The van der Waals surface area contributed by atoms with E-state index in [1.165, 1.54) is 6.92 Å². The molecule has 6 heteroatoms. The van der Waals surface area contributed by atoms with E-state index in [0.29, 0.717) is 5.69 Å². The van der Waals surface area contributed by atoms with Crippen molar-refractivity contribution >= 4 is 34.1 Å². The van der Waals surface area contributed by atoms with Crippen LogP contribution in [0.3, 0.4) is 0 Å². The summed E-state index contributed by atoms with van der Waals surface area (Å²) in [7, 11) is 0. The number of hydrogen-bond acceptors (Lipinski definition) is 4. The maximum absolute atomic E-state index is 12.5. The molecule has 0 radical (unpaired) electrons. The average molecular weight is 391 g/mol. The second-order valence-electron chi connectivity index (χ2n) is 7.01. The maximum atomic E-state index is 12.5. The van der Waals surface area contributed by atoms with Crippen LogP contribution >= 0.6 is 0 Å². The van der Waals surface area contributed by atoms with Crippen molar-refractivity contribution < 1.29 is 14.3 Å². The van der Waals surface area contributed by atoms with Crippen molar-refractivity contribution in [3.05, 3.63) is 60.8 Å². The third-order valence-electron chi connectivity index (χ3n) is 4.37. The molecule has 2 aromatic carbocycles. The summed E-state index contributed by atoms with van der Waals surface area (Å²) in [6.07, 6.45) is 1.95. The number of para-hydroxylation sites is 1. The number of carbonyl (C=O) groups is 2. The maximum Gasteiger partial charge on any atom is 0.226 e. The second-order valence-corrected chi connectivity index (χ2v) is 7.01. The van der Waals surface area contributed by atoms with Crippen LogP contribution in [0, 0.1) is 0 Å². The van der Waals surface area contributed by atoms with Gasteiger partial charge in [0.05, 0.1) is 17.3 Å². The van der Waals surface area contributed by atoms with Crippen LogP contribution in [0.5, 0.6) is 5.75 Å². The Hall–Kier alpha value is -3.41. The molecule has 0 aliphatic carbocycles. The van der Waals surface area contributed by atoms with Crippen LogP contribution in [-0.4, -0.2) is 29.4 Å². The molecule has 0 fully saturated rings. The standard InChI is InChI=1S/C23H25N3O3/c1-16(2)29-20-11-9-19(10-12-20)26(17(3)27)15-13-22(28)25-21-8-4-6-18-7-5-14-24-23(18)21/h4-12,14,16H,13,15H2,1-3H3,(H,25,28). The molecule has 0 spiro atoms. The lowest BCUT2D eigenvalue weighted by Crippen LogP contribution is -2.31. The number of hydrogen-bond donors (Lipinski definition) is 1. The van der Waals surface area contributed by atoms with Crippen LogP contribution in [0.4, 0.5) is 11.4 Å². The van der Waals surface area contributed by atoms with Gasteiger partial charge in [-0.15, -0.1) is 0 Å². The average Bonchev–Trinajstić information content (AvgIpc) is 2.69. The number of fused-ring (bicyclic) bond motifs is 1. The number of anilines is 2. The Labute approximate surface area is 170 Å². The van der Waals surface area contributed by atoms with Crippen LogP contribution in [-0.2, 0) is 9.59 Å². The number of carbonyl (C=O) groups excluding carboxylic acids is 2. The first-order chi connectivity index (χ1) is 13.9. The van der Waals surface area contributed by atoms with E-state index in [0.717, 1.165) is 22.3 Å². The Morgan fingerprint density at radius 1 is 1.07 bits per heavy atom. The highest BCUT2D eigenvalue weighted by molar-refractivity contribution is 6.01. The fourth-order valence-corrected chi connectivity index (χ4v) is 3.08. The van der Waals surface area contributed by atoms with Crippen LogP contribution in [0.1, 0.15) is 27.2 Å². The van der Waals surface area contributed by atoms with Crippen molar-refractivity contribution in [2.45, 2.75) is 33.3 Å². The van der Waals surface area contributed by atoms with E-state index in [4.69, 9.17) is 4.74 Å². The summed E-state index contributed by atoms with van der Waals surface area (Å²) < 4.78 is 5.64. The zero-order valence-corrected chi connectivity index (χ0v) is 16.9. The molecular weight excluding hydrogens is 366 g/mol. The first-order valence-corrected chi connectivity index (χ1v) is 9.62. The van der Waals surface area contributed by atoms with Crippen molar-refractivity contribution in [1.82, 2.24) is 4.98 Å². The Morgan fingerprint density at radius 3 is 2.48 bits per heavy atom. The number of amides is 2. The topological polar surface area (TPSA) is 71.5 Å². The molecule has 0 unspecified atom stereocenters. The van der Waals surface area contributed by atoms with Gasteiger partial charge in [0, 0.05) is 37.2 Å². The summed E-state index contributed by atoms with van der Waals surface area (Å²) in [5.41, 5.74) is 2.14. The number of nitrogens with one attached hydrogen (secondary N) is 1. The molecule has 3 aromatic rings. The summed E-state index contributed by atoms with van der Waals surface area (Å²) in [5.74, 6) is 0.449. The van der Waals surface area contributed by atoms with Crippen LogP contribution in [0.25, 0.3) is 10.9 Å². The highest BCUT2D eigenvalue weighted by atomic mass is 16.5. The van der Waals surface area contributed by atoms with Gasteiger partial charge in [0.2, 0.25) is 11.8 Å². The fraction of sp³-hybridized carbons (Fsp3) is 0.261. The fourth-order valence-electron chi connectivity index (χ4n) is 3.08. The summed E-state index contributed by atoms with van der Waals surface area (Å²) >= 11 is 0. The summed E-state index contributed by atoms with van der Waals surface area (Å²) in [5, 5.41) is 3.86. The van der Waals surface area contributed by atoms with Crippen molar-refractivity contribution in [3.63, 3.8) is 0 Å². The Balaban J connectivity index is 1.65. The van der Waals surface area contributed by atoms with Gasteiger partial charge in [-0.3, -0.25) is 14.6 Å². The van der Waals surface area contributed by atoms with E-state index >= 15 is 0 Å². The molecule has 6 nitrogen and oxygen atoms in total. The molecule has 29 heavy (non-hydrogen) atoms. The number of benzene rings is 2. The molecule has 1 N–H and O–H groups in total. The van der Waals surface area contributed by atoms with Crippen LogP contribution < -0.4 is 15.0 Å². The van der Waals surface area contributed by atoms with Crippen molar-refractivity contribution in [1.29, 1.82) is 0 Å². The molecule has 0 aliphatic heterocycles. The number of nitrogens with zero attached hydrogens (tertiary/aromatic N) is 2. The van der Waals surface area contributed by atoms with Crippen molar-refractivity contribution in [3.8, 4) is 5.75 Å². The quantitative estimate of drug-likeness (QED) is 0.648. The van der Waals surface area contributed by atoms with E-state index in [2.05, 4.69) is 10.3 Å². The van der Waals surface area contributed by atoms with E-state index < -0.39 is 0 Å². The zero-order valence-electron chi connectivity index (χ0n) is 16.9. The van der Waals surface area contributed by atoms with Gasteiger partial charge in [-0.05, 0) is 50.2 Å². The lowest BCUT2D eigenvalue weighted by Gasteiger charge is -2.21. The minimum atomic E-state index is -0.172. The van der Waals surface area contributed by atoms with Crippen LogP contribution in [0.2, 0.25) is 0 Å². The first-order valence-electron chi connectivity index (χ1n) is 9.62. The lowest BCUT2D eigenvalue weighted by molar-refractivity contribution is -0.117. The first kappa shape index (κ1) is 20.3. The highest BCUT2D eigenvalue weighted by Crippen LogP contribution is 2.22. The Bertz CT molecular complexity index is 994. The molecule has 0 aliphatic rings. The lowest BCUT2D eigenvalue weighted by atomic mass is 10.2. The minimum absolute atomic E-state index is 0.0806. The third kappa shape index (κ3) is 5.31. The molecule has 1 aromatic heterocycles. The molecule has 0 atom stereocenters. The summed E-state index contributed by atoms with van der Waals surface area (Å²) in [6.45, 7) is 5.69. The monoisotopic (exact) mass is 391 g/mol. The van der Waals surface area contributed by atoms with E-state index in [1.54, 1.807) is 11.1 Å². The van der Waals surface area contributed by atoms with Gasteiger partial charge in [-0.25, -0.2) is 0 Å². The van der Waals surface area contributed by atoms with Crippen molar-refractivity contribution in [2.75, 3.05) is 16.8 Å². The molecule has 3 rings (SSSR count). The predicted molar refractivity (Wildman–Crippen MR) is 115 cm³/mol. The van der Waals surface area contributed by atoms with Gasteiger partial charge in [0.15, 0.2) is 0 Å². The van der Waals surface area contributed by atoms with Gasteiger partial charge in [-0.2, -0.15) is 0 Å². The summed E-state index contributed by atoms with van der Waals surface area (Å²) in [6, 6.07) is 16.8. The minimum Gasteiger partial charge on any atom is -0.491 e. The number of aromatic nitrogens is 1. The van der Waals surface area contributed by atoms with Gasteiger partial charge < -0.3 is 15.0 Å². The Kier molecular flexibility index (Phi) is 6.44. The number of pyridine rings is 1.